The molecule has 0 amide bonds. The number of anilines is 1. The zero-order valence-corrected chi connectivity index (χ0v) is 9.56. The van der Waals surface area contributed by atoms with E-state index in [2.05, 4.69) is 17.1 Å². The lowest BCUT2D eigenvalue weighted by Gasteiger charge is -2.35. The molecule has 1 atom stereocenters. The molecule has 1 aliphatic heterocycles. The first-order chi connectivity index (χ1) is 6.79. The molecule has 1 fully saturated rings. The van der Waals surface area contributed by atoms with Crippen molar-refractivity contribution in [3.8, 4) is 0 Å². The zero-order chi connectivity index (χ0) is 9.97. The zero-order valence-electron chi connectivity index (χ0n) is 8.74. The fourth-order valence-electron chi connectivity index (χ4n) is 1.88. The van der Waals surface area contributed by atoms with Gasteiger partial charge in [0.05, 0.1) is 5.69 Å². The molecule has 1 heterocycles. The van der Waals surface area contributed by atoms with E-state index in [0.717, 1.165) is 25.3 Å². The lowest BCUT2D eigenvalue weighted by atomic mass is 10.2. The van der Waals surface area contributed by atoms with E-state index in [1.807, 2.05) is 12.1 Å². The smallest absolute Gasteiger partial charge is 0.146 e. The minimum Gasteiger partial charge on any atom is -0.364 e. The first-order valence-electron chi connectivity index (χ1n) is 5.01. The highest BCUT2D eigenvalue weighted by atomic mass is 35.5. The molecule has 1 aliphatic rings. The Bertz CT molecular complexity index is 319. The van der Waals surface area contributed by atoms with Crippen LogP contribution in [0, 0.1) is 5.82 Å². The number of halogens is 2. The molecule has 0 aliphatic carbocycles. The number of hydrogen-bond acceptors (Lipinski definition) is 2. The molecule has 0 saturated carbocycles. The predicted octanol–water partition coefficient (Wildman–Crippen LogP) is 2.05. The maximum Gasteiger partial charge on any atom is 0.146 e. The molecule has 0 aromatic heterocycles. The van der Waals surface area contributed by atoms with Crippen LogP contribution in [0.4, 0.5) is 10.1 Å². The van der Waals surface area contributed by atoms with Gasteiger partial charge in [0.2, 0.25) is 0 Å². The van der Waals surface area contributed by atoms with Gasteiger partial charge in [-0.1, -0.05) is 12.1 Å². The molecule has 2 rings (SSSR count). The van der Waals surface area contributed by atoms with Crippen molar-refractivity contribution in [2.24, 2.45) is 0 Å². The van der Waals surface area contributed by atoms with E-state index in [1.165, 1.54) is 6.07 Å². The van der Waals surface area contributed by atoms with Gasteiger partial charge in [-0.25, -0.2) is 4.39 Å². The number of hydrogen-bond donors (Lipinski definition) is 1. The summed E-state index contributed by atoms with van der Waals surface area (Å²) >= 11 is 0. The Labute approximate surface area is 95.9 Å². The van der Waals surface area contributed by atoms with Crippen molar-refractivity contribution in [3.05, 3.63) is 30.1 Å². The van der Waals surface area contributed by atoms with E-state index in [0.29, 0.717) is 6.04 Å². The third-order valence-corrected chi connectivity index (χ3v) is 2.66. The summed E-state index contributed by atoms with van der Waals surface area (Å²) in [4.78, 5) is 2.12. The minimum atomic E-state index is -0.124. The van der Waals surface area contributed by atoms with Crippen LogP contribution in [0.2, 0.25) is 0 Å². The summed E-state index contributed by atoms with van der Waals surface area (Å²) < 4.78 is 13.5. The molecule has 0 radical (unpaired) electrons. The molecule has 4 heteroatoms. The standard InChI is InChI=1S/C11H15FN2.ClH/c1-9-8-13-6-7-14(9)11-5-3-2-4-10(11)12;/h2-5,9,13H,6-8H2,1H3;1H/t9-;/m1./s1. The maximum absolute atomic E-state index is 13.5. The predicted molar refractivity (Wildman–Crippen MR) is 63.3 cm³/mol. The monoisotopic (exact) mass is 230 g/mol. The van der Waals surface area contributed by atoms with Gasteiger partial charge in [0.25, 0.3) is 0 Å². The van der Waals surface area contributed by atoms with Gasteiger partial charge in [0.15, 0.2) is 0 Å². The fourth-order valence-corrected chi connectivity index (χ4v) is 1.88. The van der Waals surface area contributed by atoms with Gasteiger partial charge >= 0.3 is 0 Å². The Morgan fingerprint density at radius 3 is 2.80 bits per heavy atom. The number of para-hydroxylation sites is 1. The van der Waals surface area contributed by atoms with Crippen molar-refractivity contribution in [2.75, 3.05) is 24.5 Å². The van der Waals surface area contributed by atoms with Gasteiger partial charge in [-0.05, 0) is 19.1 Å². The quantitative estimate of drug-likeness (QED) is 0.795. The van der Waals surface area contributed by atoms with Crippen LogP contribution >= 0.6 is 12.4 Å². The van der Waals surface area contributed by atoms with Crippen molar-refractivity contribution in [2.45, 2.75) is 13.0 Å². The highest BCUT2D eigenvalue weighted by Crippen LogP contribution is 2.21. The SMILES string of the molecule is C[C@@H]1CNCCN1c1ccccc1F.Cl. The molecule has 1 aromatic carbocycles. The van der Waals surface area contributed by atoms with Crippen LogP contribution in [-0.4, -0.2) is 25.7 Å². The van der Waals surface area contributed by atoms with E-state index in [1.54, 1.807) is 6.07 Å². The molecule has 84 valence electrons. The Hall–Kier alpha value is -0.800. The molecule has 0 bridgehead atoms. The van der Waals surface area contributed by atoms with E-state index in [4.69, 9.17) is 0 Å². The Balaban J connectivity index is 0.00000112. The number of piperazine rings is 1. The number of nitrogens with zero attached hydrogens (tertiary/aromatic N) is 1. The van der Waals surface area contributed by atoms with E-state index < -0.39 is 0 Å². The molecule has 0 spiro atoms. The number of nitrogens with one attached hydrogen (secondary N) is 1. The second kappa shape index (κ2) is 5.33. The summed E-state index contributed by atoms with van der Waals surface area (Å²) in [6.07, 6.45) is 0. The summed E-state index contributed by atoms with van der Waals surface area (Å²) in [5.74, 6) is -0.124. The lowest BCUT2D eigenvalue weighted by Crippen LogP contribution is -2.50. The molecular weight excluding hydrogens is 215 g/mol. The van der Waals surface area contributed by atoms with Gasteiger partial charge in [0.1, 0.15) is 5.82 Å². The molecule has 0 unspecified atom stereocenters. The molecule has 2 nitrogen and oxygen atoms in total. The van der Waals surface area contributed by atoms with E-state index in [-0.39, 0.29) is 18.2 Å². The van der Waals surface area contributed by atoms with Crippen molar-refractivity contribution in [1.82, 2.24) is 5.32 Å². The Kier molecular flexibility index (Phi) is 4.36. The van der Waals surface area contributed by atoms with Crippen LogP contribution in [0.3, 0.4) is 0 Å². The third-order valence-electron chi connectivity index (χ3n) is 2.66. The first-order valence-corrected chi connectivity index (χ1v) is 5.01. The summed E-state index contributed by atoms with van der Waals surface area (Å²) in [6, 6.07) is 7.33. The van der Waals surface area contributed by atoms with Crippen LogP contribution < -0.4 is 10.2 Å². The molecule has 1 saturated heterocycles. The van der Waals surface area contributed by atoms with E-state index >= 15 is 0 Å². The molecule has 1 N–H and O–H groups in total. The third kappa shape index (κ3) is 2.61. The maximum atomic E-state index is 13.5. The number of rotatable bonds is 1. The number of benzene rings is 1. The largest absolute Gasteiger partial charge is 0.364 e. The molecular formula is C11H16ClFN2. The van der Waals surface area contributed by atoms with Gasteiger partial charge in [-0.2, -0.15) is 0 Å². The van der Waals surface area contributed by atoms with Crippen molar-refractivity contribution in [3.63, 3.8) is 0 Å². The Morgan fingerprint density at radius 1 is 1.40 bits per heavy atom. The fraction of sp³-hybridized carbons (Fsp3) is 0.455. The summed E-state index contributed by atoms with van der Waals surface area (Å²) in [6.45, 7) is 4.84. The summed E-state index contributed by atoms with van der Waals surface area (Å²) in [5, 5.41) is 3.29. The van der Waals surface area contributed by atoms with Crippen molar-refractivity contribution in [1.29, 1.82) is 0 Å². The summed E-state index contributed by atoms with van der Waals surface area (Å²) in [5.41, 5.74) is 0.724. The minimum absolute atomic E-state index is 0. The van der Waals surface area contributed by atoms with Crippen LogP contribution in [0.1, 0.15) is 6.92 Å². The Morgan fingerprint density at radius 2 is 2.13 bits per heavy atom. The van der Waals surface area contributed by atoms with Gasteiger partial charge in [0, 0.05) is 25.7 Å². The van der Waals surface area contributed by atoms with E-state index in [9.17, 15) is 4.39 Å². The van der Waals surface area contributed by atoms with Crippen molar-refractivity contribution < 1.29 is 4.39 Å². The average Bonchev–Trinajstić information content (AvgIpc) is 2.20. The second-order valence-electron chi connectivity index (χ2n) is 3.70. The second-order valence-corrected chi connectivity index (χ2v) is 3.70. The van der Waals surface area contributed by atoms with Crippen LogP contribution in [0.25, 0.3) is 0 Å². The lowest BCUT2D eigenvalue weighted by molar-refractivity contribution is 0.491. The van der Waals surface area contributed by atoms with Crippen LogP contribution in [0.15, 0.2) is 24.3 Å². The molecule has 1 aromatic rings. The average molecular weight is 231 g/mol. The highest BCUT2D eigenvalue weighted by molar-refractivity contribution is 5.85. The summed E-state index contributed by atoms with van der Waals surface area (Å²) in [7, 11) is 0. The van der Waals surface area contributed by atoms with Gasteiger partial charge in [-0.15, -0.1) is 12.4 Å². The van der Waals surface area contributed by atoms with Gasteiger partial charge < -0.3 is 10.2 Å². The van der Waals surface area contributed by atoms with Crippen LogP contribution in [-0.2, 0) is 0 Å². The normalized spacial score (nSPS) is 20.9. The molecule has 15 heavy (non-hydrogen) atoms. The topological polar surface area (TPSA) is 15.3 Å². The van der Waals surface area contributed by atoms with Crippen molar-refractivity contribution >= 4 is 18.1 Å². The van der Waals surface area contributed by atoms with Gasteiger partial charge in [-0.3, -0.25) is 0 Å². The van der Waals surface area contributed by atoms with Crippen LogP contribution in [0.5, 0.6) is 0 Å². The highest BCUT2D eigenvalue weighted by Gasteiger charge is 2.20. The first kappa shape index (κ1) is 12.3.